The van der Waals surface area contributed by atoms with Crippen LogP contribution < -0.4 is 5.32 Å². The first-order valence-electron chi connectivity index (χ1n) is 6.95. The van der Waals surface area contributed by atoms with E-state index in [0.717, 1.165) is 5.56 Å². The molecule has 0 amide bonds. The third-order valence-corrected chi connectivity index (χ3v) is 3.47. The molecule has 21 heavy (non-hydrogen) atoms. The average Bonchev–Trinajstić information content (AvgIpc) is 2.46. The molecule has 112 valence electrons. The molecule has 1 nitrogen and oxygen atoms in total. The highest BCUT2D eigenvalue weighted by Crippen LogP contribution is 2.26. The molecule has 2 rings (SSSR count). The highest BCUT2D eigenvalue weighted by molar-refractivity contribution is 5.31. The fourth-order valence-corrected chi connectivity index (χ4v) is 2.38. The van der Waals surface area contributed by atoms with Gasteiger partial charge in [-0.05, 0) is 49.2 Å². The molecule has 0 radical (unpaired) electrons. The summed E-state index contributed by atoms with van der Waals surface area (Å²) in [5.74, 6) is -1.42. The smallest absolute Gasteiger partial charge is 0.133 e. The van der Waals surface area contributed by atoms with Gasteiger partial charge in [0.2, 0.25) is 0 Å². The van der Waals surface area contributed by atoms with Gasteiger partial charge in [-0.3, -0.25) is 0 Å². The van der Waals surface area contributed by atoms with E-state index in [2.05, 4.69) is 5.32 Å². The van der Waals surface area contributed by atoms with Crippen LogP contribution in [0.1, 0.15) is 29.7 Å². The van der Waals surface area contributed by atoms with Crippen molar-refractivity contribution in [3.05, 3.63) is 70.5 Å². The minimum atomic E-state index is -0.564. The number of hydrogen-bond acceptors (Lipinski definition) is 1. The molecular weight excluding hydrogens is 275 g/mol. The lowest BCUT2D eigenvalue weighted by molar-refractivity contribution is 0.470. The van der Waals surface area contributed by atoms with Gasteiger partial charge in [0.05, 0.1) is 0 Å². The van der Waals surface area contributed by atoms with Gasteiger partial charge in [-0.15, -0.1) is 0 Å². The number of halogens is 3. The van der Waals surface area contributed by atoms with E-state index in [-0.39, 0.29) is 11.4 Å². The Morgan fingerprint density at radius 3 is 2.29 bits per heavy atom. The summed E-state index contributed by atoms with van der Waals surface area (Å²) in [6.07, 6.45) is 0.394. The van der Waals surface area contributed by atoms with Gasteiger partial charge in [-0.1, -0.05) is 25.1 Å². The highest BCUT2D eigenvalue weighted by Gasteiger charge is 2.21. The molecule has 0 heterocycles. The van der Waals surface area contributed by atoms with Crippen molar-refractivity contribution in [1.82, 2.24) is 5.32 Å². The lowest BCUT2D eigenvalue weighted by Crippen LogP contribution is -2.25. The predicted molar refractivity (Wildman–Crippen MR) is 77.6 cm³/mol. The highest BCUT2D eigenvalue weighted by atomic mass is 19.1. The Morgan fingerprint density at radius 2 is 1.67 bits per heavy atom. The number of hydrogen-bond donors (Lipinski definition) is 1. The van der Waals surface area contributed by atoms with Gasteiger partial charge in [0, 0.05) is 11.6 Å². The van der Waals surface area contributed by atoms with Crippen molar-refractivity contribution in [2.45, 2.75) is 26.3 Å². The van der Waals surface area contributed by atoms with E-state index in [0.29, 0.717) is 18.5 Å². The fraction of sp³-hybridized carbons (Fsp3) is 0.294. The van der Waals surface area contributed by atoms with Crippen LogP contribution in [0.4, 0.5) is 13.2 Å². The van der Waals surface area contributed by atoms with Crippen LogP contribution in [0, 0.1) is 24.4 Å². The Labute approximate surface area is 122 Å². The van der Waals surface area contributed by atoms with Crippen LogP contribution in [0.25, 0.3) is 0 Å². The van der Waals surface area contributed by atoms with Gasteiger partial charge in [0.15, 0.2) is 0 Å². The molecule has 0 bridgehead atoms. The summed E-state index contributed by atoms with van der Waals surface area (Å²) in [4.78, 5) is 0. The van der Waals surface area contributed by atoms with Crippen LogP contribution in [0.3, 0.4) is 0 Å². The van der Waals surface area contributed by atoms with Gasteiger partial charge in [0.25, 0.3) is 0 Å². The monoisotopic (exact) mass is 293 g/mol. The first-order valence-corrected chi connectivity index (χ1v) is 6.95. The van der Waals surface area contributed by atoms with E-state index in [9.17, 15) is 13.2 Å². The van der Waals surface area contributed by atoms with Crippen LogP contribution in [-0.4, -0.2) is 6.54 Å². The normalized spacial score (nSPS) is 12.4. The SMILES string of the molecule is CCNC(Cc1ccc(F)cc1)c1c(F)ccc(C)c1F. The average molecular weight is 293 g/mol. The van der Waals surface area contributed by atoms with Crippen LogP contribution in [0.5, 0.6) is 0 Å². The van der Waals surface area contributed by atoms with E-state index >= 15 is 0 Å². The minimum absolute atomic E-state index is 0.0428. The lowest BCUT2D eigenvalue weighted by Gasteiger charge is -2.20. The van der Waals surface area contributed by atoms with Crippen molar-refractivity contribution in [3.8, 4) is 0 Å². The second-order valence-electron chi connectivity index (χ2n) is 5.03. The van der Waals surface area contributed by atoms with Gasteiger partial charge >= 0.3 is 0 Å². The maximum absolute atomic E-state index is 14.3. The standard InChI is InChI=1S/C17H18F3N/c1-3-21-15(10-12-5-7-13(18)8-6-12)16-14(19)9-4-11(2)17(16)20/h4-9,15,21H,3,10H2,1-2H3. The molecule has 0 aromatic heterocycles. The number of nitrogens with one attached hydrogen (secondary N) is 1. The molecule has 0 aliphatic rings. The van der Waals surface area contributed by atoms with Crippen molar-refractivity contribution in [2.75, 3.05) is 6.54 Å². The largest absolute Gasteiger partial charge is 0.310 e. The number of benzene rings is 2. The molecule has 0 fully saturated rings. The Balaban J connectivity index is 2.35. The molecule has 0 aliphatic carbocycles. The van der Waals surface area contributed by atoms with Crippen molar-refractivity contribution < 1.29 is 13.2 Å². The van der Waals surface area contributed by atoms with Crippen molar-refractivity contribution in [3.63, 3.8) is 0 Å². The number of likely N-dealkylation sites (N-methyl/N-ethyl adjacent to an activating group) is 1. The van der Waals surface area contributed by atoms with Crippen molar-refractivity contribution >= 4 is 0 Å². The summed E-state index contributed by atoms with van der Waals surface area (Å²) in [6.45, 7) is 4.07. The maximum Gasteiger partial charge on any atom is 0.133 e. The third kappa shape index (κ3) is 3.64. The summed E-state index contributed by atoms with van der Waals surface area (Å²) in [7, 11) is 0. The van der Waals surface area contributed by atoms with Crippen LogP contribution in [0.2, 0.25) is 0 Å². The summed E-state index contributed by atoms with van der Waals surface area (Å²) < 4.78 is 41.2. The Hall–Kier alpha value is -1.81. The second-order valence-corrected chi connectivity index (χ2v) is 5.03. The molecule has 2 aromatic rings. The topological polar surface area (TPSA) is 12.0 Å². The van der Waals surface area contributed by atoms with Gasteiger partial charge in [0.1, 0.15) is 17.5 Å². The van der Waals surface area contributed by atoms with Gasteiger partial charge in [-0.2, -0.15) is 0 Å². The summed E-state index contributed by atoms with van der Waals surface area (Å²) in [6, 6.07) is 8.18. The second kappa shape index (κ2) is 6.76. The van der Waals surface area contributed by atoms with E-state index in [1.165, 1.54) is 24.3 Å². The molecule has 1 atom stereocenters. The molecule has 1 unspecified atom stereocenters. The molecule has 0 aliphatic heterocycles. The molecule has 0 saturated heterocycles. The first kappa shape index (κ1) is 15.6. The first-order chi connectivity index (χ1) is 10.0. The minimum Gasteiger partial charge on any atom is -0.310 e. The Bertz CT molecular complexity index is 608. The van der Waals surface area contributed by atoms with Crippen LogP contribution >= 0.6 is 0 Å². The number of rotatable bonds is 5. The summed E-state index contributed by atoms with van der Waals surface area (Å²) in [5, 5.41) is 3.10. The van der Waals surface area contributed by atoms with Gasteiger partial charge in [-0.25, -0.2) is 13.2 Å². The fourth-order valence-electron chi connectivity index (χ4n) is 2.38. The molecule has 2 aromatic carbocycles. The Morgan fingerprint density at radius 1 is 1.00 bits per heavy atom. The quantitative estimate of drug-likeness (QED) is 0.866. The zero-order chi connectivity index (χ0) is 15.4. The molecule has 0 saturated carbocycles. The van der Waals surface area contributed by atoms with E-state index in [1.54, 1.807) is 19.1 Å². The molecule has 1 N–H and O–H groups in total. The van der Waals surface area contributed by atoms with E-state index in [4.69, 9.17) is 0 Å². The van der Waals surface area contributed by atoms with Crippen LogP contribution in [-0.2, 0) is 6.42 Å². The van der Waals surface area contributed by atoms with E-state index < -0.39 is 17.7 Å². The molecule has 0 spiro atoms. The summed E-state index contributed by atoms with van der Waals surface area (Å²) in [5.41, 5.74) is 1.28. The zero-order valence-electron chi connectivity index (χ0n) is 12.1. The molecule has 4 heteroatoms. The Kier molecular flexibility index (Phi) is 5.02. The van der Waals surface area contributed by atoms with Crippen LogP contribution in [0.15, 0.2) is 36.4 Å². The van der Waals surface area contributed by atoms with Crippen molar-refractivity contribution in [2.24, 2.45) is 0 Å². The summed E-state index contributed by atoms with van der Waals surface area (Å²) >= 11 is 0. The lowest BCUT2D eigenvalue weighted by atomic mass is 9.96. The zero-order valence-corrected chi connectivity index (χ0v) is 12.1. The van der Waals surface area contributed by atoms with Gasteiger partial charge < -0.3 is 5.32 Å². The van der Waals surface area contributed by atoms with E-state index in [1.807, 2.05) is 6.92 Å². The third-order valence-electron chi connectivity index (χ3n) is 3.47. The van der Waals surface area contributed by atoms with Crippen molar-refractivity contribution in [1.29, 1.82) is 0 Å². The predicted octanol–water partition coefficient (Wildman–Crippen LogP) is 4.31. The maximum atomic E-state index is 14.3. The number of aryl methyl sites for hydroxylation is 1. The molecular formula is C17H18F3N.